The number of carbonyl (C=O) groups excluding carboxylic acids is 1. The molecule has 2 aromatic carbocycles. The summed E-state index contributed by atoms with van der Waals surface area (Å²) in [7, 11) is 0. The number of aromatic nitrogens is 1. The fraction of sp³-hybridized carbons (Fsp3) is 0.400. The van der Waals surface area contributed by atoms with Crippen LogP contribution >= 0.6 is 11.6 Å². The molecule has 0 bridgehead atoms. The summed E-state index contributed by atoms with van der Waals surface area (Å²) in [6.45, 7) is 6.06. The Hall–Kier alpha value is -3.16. The van der Waals surface area contributed by atoms with E-state index in [4.69, 9.17) is 22.1 Å². The lowest BCUT2D eigenvalue weighted by Crippen LogP contribution is -2.45. The number of hydrogen-bond acceptors (Lipinski definition) is 5. The lowest BCUT2D eigenvalue weighted by atomic mass is 10.0. The first-order chi connectivity index (χ1) is 18.4. The fourth-order valence-corrected chi connectivity index (χ4v) is 5.71. The zero-order chi connectivity index (χ0) is 26.6. The fourth-order valence-electron chi connectivity index (χ4n) is 5.46. The van der Waals surface area contributed by atoms with Crippen molar-refractivity contribution in [2.75, 3.05) is 38.5 Å². The van der Waals surface area contributed by atoms with Crippen LogP contribution in [0.2, 0.25) is 5.02 Å². The molecular weight excluding hydrogens is 503 g/mol. The van der Waals surface area contributed by atoms with Gasteiger partial charge < -0.3 is 20.3 Å². The lowest BCUT2D eigenvalue weighted by Gasteiger charge is -2.36. The Morgan fingerprint density at radius 1 is 1.08 bits per heavy atom. The van der Waals surface area contributed by atoms with Gasteiger partial charge in [0.25, 0.3) is 5.91 Å². The number of rotatable bonds is 7. The average molecular weight is 537 g/mol. The van der Waals surface area contributed by atoms with E-state index in [9.17, 15) is 9.18 Å². The number of likely N-dealkylation sites (tertiary alicyclic amines) is 2. The number of nitrogens with two attached hydrogens (primary N) is 1. The van der Waals surface area contributed by atoms with E-state index < -0.39 is 0 Å². The summed E-state index contributed by atoms with van der Waals surface area (Å²) >= 11 is 6.27. The minimum absolute atomic E-state index is 0.0814. The van der Waals surface area contributed by atoms with Gasteiger partial charge in [-0.25, -0.2) is 9.37 Å². The number of amides is 1. The number of piperidine rings is 1. The standard InChI is InChI=1S/C30H34ClFN4O2/c1-20-4-9-26(32)25(28(20)31)12-17-38-27-18-23(19-34-29(27)33)21-5-7-22(8-6-21)30(37)36-15-10-24(11-16-36)35-13-2-3-14-35/h4-9,18-19,24H,2-3,10-17H2,1H3,(H2,33,34). The van der Waals surface area contributed by atoms with Crippen LogP contribution in [0.3, 0.4) is 0 Å². The van der Waals surface area contributed by atoms with Gasteiger partial charge in [-0.3, -0.25) is 4.79 Å². The number of nitrogen functional groups attached to an aromatic ring is 1. The molecule has 1 amide bonds. The van der Waals surface area contributed by atoms with Gasteiger partial charge in [-0.15, -0.1) is 0 Å². The Balaban J connectivity index is 1.20. The summed E-state index contributed by atoms with van der Waals surface area (Å²) in [5, 5.41) is 0.416. The van der Waals surface area contributed by atoms with Crippen molar-refractivity contribution in [1.82, 2.24) is 14.8 Å². The van der Waals surface area contributed by atoms with Gasteiger partial charge in [-0.05, 0) is 81.1 Å². The zero-order valence-electron chi connectivity index (χ0n) is 21.8. The van der Waals surface area contributed by atoms with Gasteiger partial charge in [0, 0.05) is 53.5 Å². The minimum atomic E-state index is -0.352. The van der Waals surface area contributed by atoms with E-state index in [-0.39, 0.29) is 24.1 Å². The van der Waals surface area contributed by atoms with E-state index in [0.29, 0.717) is 34.4 Å². The van der Waals surface area contributed by atoms with Crippen LogP contribution in [0.1, 0.15) is 47.2 Å². The van der Waals surface area contributed by atoms with Crippen molar-refractivity contribution in [3.63, 3.8) is 0 Å². The van der Waals surface area contributed by atoms with Crippen molar-refractivity contribution in [2.24, 2.45) is 0 Å². The molecule has 2 aliphatic heterocycles. The van der Waals surface area contributed by atoms with Gasteiger partial charge >= 0.3 is 0 Å². The maximum Gasteiger partial charge on any atom is 0.253 e. The Morgan fingerprint density at radius 2 is 1.79 bits per heavy atom. The summed E-state index contributed by atoms with van der Waals surface area (Å²) in [6, 6.07) is 13.1. The Bertz CT molecular complexity index is 1290. The summed E-state index contributed by atoms with van der Waals surface area (Å²) in [4.78, 5) is 21.9. The number of ether oxygens (including phenoxy) is 1. The predicted molar refractivity (Wildman–Crippen MR) is 149 cm³/mol. The van der Waals surface area contributed by atoms with E-state index in [2.05, 4.69) is 9.88 Å². The van der Waals surface area contributed by atoms with Crippen molar-refractivity contribution >= 4 is 23.3 Å². The predicted octanol–water partition coefficient (Wildman–Crippen LogP) is 5.75. The third-order valence-corrected chi connectivity index (χ3v) is 8.27. The van der Waals surface area contributed by atoms with Crippen molar-refractivity contribution in [3.8, 4) is 16.9 Å². The second-order valence-corrected chi connectivity index (χ2v) is 10.6. The van der Waals surface area contributed by atoms with Crippen LogP contribution in [0.15, 0.2) is 48.7 Å². The van der Waals surface area contributed by atoms with Crippen LogP contribution in [-0.2, 0) is 6.42 Å². The van der Waals surface area contributed by atoms with Crippen LogP contribution in [0.4, 0.5) is 10.2 Å². The molecule has 38 heavy (non-hydrogen) atoms. The van der Waals surface area contributed by atoms with Gasteiger partial charge in [0.15, 0.2) is 11.6 Å². The molecule has 0 atom stereocenters. The third kappa shape index (κ3) is 5.79. The number of carbonyl (C=O) groups is 1. The summed E-state index contributed by atoms with van der Waals surface area (Å²) in [6.07, 6.45) is 6.68. The maximum absolute atomic E-state index is 14.2. The number of aryl methyl sites for hydroxylation is 1. The van der Waals surface area contributed by atoms with E-state index >= 15 is 0 Å². The van der Waals surface area contributed by atoms with Crippen molar-refractivity contribution in [3.05, 3.63) is 76.2 Å². The van der Waals surface area contributed by atoms with Gasteiger partial charge in [0.05, 0.1) is 6.61 Å². The van der Waals surface area contributed by atoms with Crippen molar-refractivity contribution in [2.45, 2.75) is 45.1 Å². The van der Waals surface area contributed by atoms with Crippen molar-refractivity contribution in [1.29, 1.82) is 0 Å². The molecule has 3 heterocycles. The largest absolute Gasteiger partial charge is 0.489 e. The van der Waals surface area contributed by atoms with E-state index in [1.54, 1.807) is 12.3 Å². The molecule has 2 fully saturated rings. The normalized spacial score (nSPS) is 16.7. The topological polar surface area (TPSA) is 71.7 Å². The van der Waals surface area contributed by atoms with Gasteiger partial charge in [-0.2, -0.15) is 0 Å². The van der Waals surface area contributed by atoms with Gasteiger partial charge in [0.2, 0.25) is 0 Å². The van der Waals surface area contributed by atoms with E-state index in [0.717, 1.165) is 42.6 Å². The first kappa shape index (κ1) is 26.4. The maximum atomic E-state index is 14.2. The molecule has 200 valence electrons. The molecule has 3 aromatic rings. The molecule has 0 radical (unpaired) electrons. The number of pyridine rings is 1. The second kappa shape index (κ2) is 11.7. The van der Waals surface area contributed by atoms with Gasteiger partial charge in [-0.1, -0.05) is 29.8 Å². The number of nitrogens with zero attached hydrogens (tertiary/aromatic N) is 3. The summed E-state index contributed by atoms with van der Waals surface area (Å²) in [5.74, 6) is 0.411. The summed E-state index contributed by atoms with van der Waals surface area (Å²) in [5.41, 5.74) is 9.69. The quantitative estimate of drug-likeness (QED) is 0.416. The first-order valence-corrected chi connectivity index (χ1v) is 13.7. The van der Waals surface area contributed by atoms with Gasteiger partial charge in [0.1, 0.15) is 5.82 Å². The van der Waals surface area contributed by atoms with Crippen LogP contribution in [-0.4, -0.2) is 59.5 Å². The molecule has 2 aliphatic rings. The highest BCUT2D eigenvalue weighted by molar-refractivity contribution is 6.32. The number of halogens is 2. The number of anilines is 1. The smallest absolute Gasteiger partial charge is 0.253 e. The van der Waals surface area contributed by atoms with Crippen LogP contribution in [0.25, 0.3) is 11.1 Å². The molecule has 2 N–H and O–H groups in total. The van der Waals surface area contributed by atoms with E-state index in [1.807, 2.05) is 42.2 Å². The lowest BCUT2D eigenvalue weighted by molar-refractivity contribution is 0.0644. The van der Waals surface area contributed by atoms with E-state index in [1.165, 1.54) is 32.0 Å². The molecule has 0 saturated carbocycles. The molecule has 2 saturated heterocycles. The molecule has 6 nitrogen and oxygen atoms in total. The van der Waals surface area contributed by atoms with Crippen LogP contribution in [0.5, 0.6) is 5.75 Å². The average Bonchev–Trinajstić information content (AvgIpc) is 3.49. The SMILES string of the molecule is Cc1ccc(F)c(CCOc2cc(-c3ccc(C(=O)N4CCC(N5CCCC5)CC4)cc3)cnc2N)c1Cl. The molecule has 5 rings (SSSR count). The molecule has 0 spiro atoms. The number of hydrogen-bond donors (Lipinski definition) is 1. The summed E-state index contributed by atoms with van der Waals surface area (Å²) < 4.78 is 20.1. The third-order valence-electron chi connectivity index (χ3n) is 7.74. The Morgan fingerprint density at radius 3 is 2.50 bits per heavy atom. The second-order valence-electron chi connectivity index (χ2n) is 10.2. The van der Waals surface area contributed by atoms with Crippen LogP contribution < -0.4 is 10.5 Å². The highest BCUT2D eigenvalue weighted by Crippen LogP contribution is 2.29. The molecule has 1 aromatic heterocycles. The Kier molecular flexibility index (Phi) is 8.15. The highest BCUT2D eigenvalue weighted by Gasteiger charge is 2.28. The zero-order valence-corrected chi connectivity index (χ0v) is 22.5. The minimum Gasteiger partial charge on any atom is -0.489 e. The molecule has 0 aliphatic carbocycles. The molecule has 0 unspecified atom stereocenters. The molecular formula is C30H34ClFN4O2. The first-order valence-electron chi connectivity index (χ1n) is 13.4. The molecule has 8 heteroatoms. The highest BCUT2D eigenvalue weighted by atomic mass is 35.5. The Labute approximate surface area is 228 Å². The monoisotopic (exact) mass is 536 g/mol. The number of benzene rings is 2. The van der Waals surface area contributed by atoms with Crippen LogP contribution in [0, 0.1) is 12.7 Å². The van der Waals surface area contributed by atoms with Crippen molar-refractivity contribution < 1.29 is 13.9 Å².